The number of aromatic nitrogens is 5. The topological polar surface area (TPSA) is 104 Å². The summed E-state index contributed by atoms with van der Waals surface area (Å²) in [6.45, 7) is 3.67. The van der Waals surface area contributed by atoms with Gasteiger partial charge in [-0.2, -0.15) is 4.98 Å². The Labute approximate surface area is 113 Å². The van der Waals surface area contributed by atoms with E-state index in [9.17, 15) is 4.79 Å². The molecule has 20 heavy (non-hydrogen) atoms. The van der Waals surface area contributed by atoms with E-state index in [2.05, 4.69) is 15.2 Å². The lowest BCUT2D eigenvalue weighted by molar-refractivity contribution is 0.350. The lowest BCUT2D eigenvalue weighted by Crippen LogP contribution is -2.30. The van der Waals surface area contributed by atoms with E-state index in [0.717, 1.165) is 0 Å². The van der Waals surface area contributed by atoms with Crippen LogP contribution in [-0.2, 0) is 12.1 Å². The van der Waals surface area contributed by atoms with E-state index in [-0.39, 0.29) is 12.2 Å². The highest BCUT2D eigenvalue weighted by Gasteiger charge is 2.22. The smallest absolute Gasteiger partial charge is 0.337 e. The first-order valence-corrected chi connectivity index (χ1v) is 6.11. The lowest BCUT2D eigenvalue weighted by Gasteiger charge is -2.11. The number of pyridine rings is 1. The fraction of sp³-hybridized carbons (Fsp3) is 0.333. The fourth-order valence-corrected chi connectivity index (χ4v) is 1.78. The Morgan fingerprint density at radius 2 is 2.20 bits per heavy atom. The highest BCUT2D eigenvalue weighted by Crippen LogP contribution is 2.12. The zero-order valence-corrected chi connectivity index (χ0v) is 11.1. The summed E-state index contributed by atoms with van der Waals surface area (Å²) in [5, 5.41) is 7.99. The Morgan fingerprint density at radius 1 is 1.40 bits per heavy atom. The average molecular weight is 274 g/mol. The van der Waals surface area contributed by atoms with Gasteiger partial charge in [0.05, 0.1) is 5.54 Å². The number of hydrogen-bond donors (Lipinski definition) is 1. The second-order valence-electron chi connectivity index (χ2n) is 5.10. The van der Waals surface area contributed by atoms with Gasteiger partial charge in [0.2, 0.25) is 5.89 Å². The molecule has 2 N–H and O–H groups in total. The van der Waals surface area contributed by atoms with Gasteiger partial charge >= 0.3 is 5.69 Å². The van der Waals surface area contributed by atoms with E-state index in [4.69, 9.17) is 10.3 Å². The number of nitrogens with zero attached hydrogens (tertiary/aromatic N) is 5. The molecule has 0 bridgehead atoms. The second-order valence-corrected chi connectivity index (χ2v) is 5.10. The third-order valence-electron chi connectivity index (χ3n) is 2.82. The van der Waals surface area contributed by atoms with Crippen molar-refractivity contribution in [2.75, 3.05) is 0 Å². The summed E-state index contributed by atoms with van der Waals surface area (Å²) < 4.78 is 7.82. The largest absolute Gasteiger partial charge is 0.350 e. The van der Waals surface area contributed by atoms with E-state index in [1.807, 2.05) is 6.07 Å². The van der Waals surface area contributed by atoms with Crippen LogP contribution in [0.1, 0.15) is 25.6 Å². The molecular formula is C12H14N6O2. The van der Waals surface area contributed by atoms with E-state index in [1.54, 1.807) is 32.2 Å². The molecule has 0 aromatic carbocycles. The molecule has 0 amide bonds. The molecule has 8 heteroatoms. The number of hydrogen-bond acceptors (Lipinski definition) is 6. The van der Waals surface area contributed by atoms with Crippen molar-refractivity contribution in [1.82, 2.24) is 24.3 Å². The van der Waals surface area contributed by atoms with E-state index >= 15 is 0 Å². The maximum absolute atomic E-state index is 12.1. The third kappa shape index (κ3) is 2.10. The van der Waals surface area contributed by atoms with Crippen molar-refractivity contribution < 1.29 is 4.52 Å². The molecule has 0 unspecified atom stereocenters. The van der Waals surface area contributed by atoms with Crippen molar-refractivity contribution in [3.8, 4) is 0 Å². The molecular weight excluding hydrogens is 260 g/mol. The molecule has 0 radical (unpaired) electrons. The zero-order valence-electron chi connectivity index (χ0n) is 11.1. The molecule has 3 rings (SSSR count). The zero-order chi connectivity index (χ0) is 14.3. The Balaban J connectivity index is 1.95. The molecule has 0 saturated carbocycles. The highest BCUT2D eigenvalue weighted by molar-refractivity contribution is 5.35. The Bertz CT molecular complexity index is 807. The molecule has 0 aliphatic heterocycles. The molecule has 0 fully saturated rings. The van der Waals surface area contributed by atoms with Crippen molar-refractivity contribution in [3.05, 3.63) is 46.6 Å². The first-order valence-electron chi connectivity index (χ1n) is 6.11. The first kappa shape index (κ1) is 12.5. The van der Waals surface area contributed by atoms with Crippen LogP contribution in [0.15, 0.2) is 33.7 Å². The van der Waals surface area contributed by atoms with Crippen LogP contribution >= 0.6 is 0 Å². The molecule has 3 heterocycles. The maximum atomic E-state index is 12.1. The van der Waals surface area contributed by atoms with Gasteiger partial charge in [-0.15, -0.1) is 5.10 Å². The van der Waals surface area contributed by atoms with Crippen LogP contribution in [-0.4, -0.2) is 24.3 Å². The van der Waals surface area contributed by atoms with Crippen LogP contribution in [0.2, 0.25) is 0 Å². The van der Waals surface area contributed by atoms with Gasteiger partial charge in [-0.3, -0.25) is 4.40 Å². The van der Waals surface area contributed by atoms with Crippen molar-refractivity contribution in [3.63, 3.8) is 0 Å². The van der Waals surface area contributed by atoms with E-state index < -0.39 is 5.54 Å². The minimum absolute atomic E-state index is 0.115. The van der Waals surface area contributed by atoms with Crippen molar-refractivity contribution in [2.45, 2.75) is 25.9 Å². The summed E-state index contributed by atoms with van der Waals surface area (Å²) in [6.07, 6.45) is 1.66. The van der Waals surface area contributed by atoms with Crippen LogP contribution in [0.3, 0.4) is 0 Å². The number of nitrogens with two attached hydrogens (primary N) is 1. The molecule has 3 aromatic rings. The summed E-state index contributed by atoms with van der Waals surface area (Å²) in [5.74, 6) is 0.688. The van der Waals surface area contributed by atoms with E-state index in [0.29, 0.717) is 17.4 Å². The van der Waals surface area contributed by atoms with Gasteiger partial charge in [0.1, 0.15) is 6.54 Å². The molecule has 3 aromatic heterocycles. The van der Waals surface area contributed by atoms with Crippen LogP contribution in [0.25, 0.3) is 5.65 Å². The number of rotatable bonds is 3. The SMILES string of the molecule is CC(C)(N)c1noc(Cn2nc3ccccn3c2=O)n1. The maximum Gasteiger partial charge on any atom is 0.350 e. The number of fused-ring (bicyclic) bond motifs is 1. The van der Waals surface area contributed by atoms with Crippen LogP contribution in [0.5, 0.6) is 0 Å². The van der Waals surface area contributed by atoms with Gasteiger partial charge in [0.15, 0.2) is 11.5 Å². The van der Waals surface area contributed by atoms with Crippen LogP contribution in [0, 0.1) is 0 Å². The second kappa shape index (κ2) is 4.27. The summed E-state index contributed by atoms with van der Waals surface area (Å²) >= 11 is 0. The third-order valence-corrected chi connectivity index (χ3v) is 2.82. The van der Waals surface area contributed by atoms with Crippen LogP contribution in [0.4, 0.5) is 0 Å². The lowest BCUT2D eigenvalue weighted by atomic mass is 10.1. The molecule has 8 nitrogen and oxygen atoms in total. The summed E-state index contributed by atoms with van der Waals surface area (Å²) in [4.78, 5) is 16.3. The Hall–Kier alpha value is -2.48. The highest BCUT2D eigenvalue weighted by atomic mass is 16.5. The normalized spacial score (nSPS) is 12.2. The minimum atomic E-state index is -0.689. The van der Waals surface area contributed by atoms with Gasteiger partial charge in [0, 0.05) is 6.20 Å². The molecule has 0 aliphatic rings. The molecule has 0 aliphatic carbocycles. The monoisotopic (exact) mass is 274 g/mol. The minimum Gasteiger partial charge on any atom is -0.337 e. The average Bonchev–Trinajstić information content (AvgIpc) is 2.97. The van der Waals surface area contributed by atoms with Crippen molar-refractivity contribution >= 4 is 5.65 Å². The van der Waals surface area contributed by atoms with Crippen molar-refractivity contribution in [1.29, 1.82) is 0 Å². The van der Waals surface area contributed by atoms with E-state index in [1.165, 1.54) is 9.08 Å². The van der Waals surface area contributed by atoms with Gasteiger partial charge in [-0.1, -0.05) is 11.2 Å². The van der Waals surface area contributed by atoms with Crippen LogP contribution < -0.4 is 11.4 Å². The predicted octanol–water partition coefficient (Wildman–Crippen LogP) is 0.121. The molecule has 0 spiro atoms. The van der Waals surface area contributed by atoms with Gasteiger partial charge in [-0.25, -0.2) is 9.48 Å². The summed E-state index contributed by atoms with van der Waals surface area (Å²) in [6, 6.07) is 5.33. The molecule has 0 atom stereocenters. The van der Waals surface area contributed by atoms with Gasteiger partial charge in [-0.05, 0) is 26.0 Å². The van der Waals surface area contributed by atoms with Crippen molar-refractivity contribution in [2.24, 2.45) is 5.73 Å². The van der Waals surface area contributed by atoms with Gasteiger partial charge < -0.3 is 10.3 Å². The Morgan fingerprint density at radius 3 is 2.85 bits per heavy atom. The summed E-state index contributed by atoms with van der Waals surface area (Å²) in [5.41, 5.74) is 5.50. The Kier molecular flexibility index (Phi) is 2.68. The molecule has 104 valence electrons. The van der Waals surface area contributed by atoms with Gasteiger partial charge in [0.25, 0.3) is 0 Å². The predicted molar refractivity (Wildman–Crippen MR) is 70.1 cm³/mol. The quantitative estimate of drug-likeness (QED) is 0.727. The fourth-order valence-electron chi connectivity index (χ4n) is 1.78. The molecule has 0 saturated heterocycles. The summed E-state index contributed by atoms with van der Waals surface area (Å²) in [7, 11) is 0. The standard InChI is InChI=1S/C12H14N6O2/c1-12(2,13)10-14-9(20-16-10)7-18-11(19)17-6-4-3-5-8(17)15-18/h3-6H,7,13H2,1-2H3. The first-order chi connectivity index (χ1) is 9.45.